The lowest BCUT2D eigenvalue weighted by Gasteiger charge is -2.32. The Morgan fingerprint density at radius 1 is 1.61 bits per heavy atom. The second kappa shape index (κ2) is 5.80. The van der Waals surface area contributed by atoms with Crippen molar-refractivity contribution in [2.45, 2.75) is 19.4 Å². The van der Waals surface area contributed by atoms with Gasteiger partial charge in [-0.05, 0) is 24.6 Å². The lowest BCUT2D eigenvalue weighted by Crippen LogP contribution is -2.51. The summed E-state index contributed by atoms with van der Waals surface area (Å²) in [5, 5.41) is 3.30. The second-order valence-electron chi connectivity index (χ2n) is 4.61. The number of nitrogens with one attached hydrogen (secondary N) is 1. The van der Waals surface area contributed by atoms with Crippen LogP contribution in [0.2, 0.25) is 0 Å². The first-order valence-electron chi connectivity index (χ1n) is 6.01. The van der Waals surface area contributed by atoms with E-state index in [1.54, 1.807) is 6.07 Å². The summed E-state index contributed by atoms with van der Waals surface area (Å²) in [6.07, 6.45) is 0.313. The maximum atomic E-state index is 13.0. The molecular weight excluding hydrogens is 299 g/mol. The quantitative estimate of drug-likeness (QED) is 0.905. The van der Waals surface area contributed by atoms with Crippen LogP contribution < -0.4 is 5.32 Å². The molecule has 0 saturated carbocycles. The molecule has 0 radical (unpaired) electrons. The zero-order chi connectivity index (χ0) is 13.1. The van der Waals surface area contributed by atoms with E-state index in [1.165, 1.54) is 12.1 Å². The molecule has 98 valence electrons. The molecule has 0 aliphatic carbocycles. The molecule has 2 rings (SSSR count). The summed E-state index contributed by atoms with van der Waals surface area (Å²) < 4.78 is 13.6. The van der Waals surface area contributed by atoms with Gasteiger partial charge in [0.2, 0.25) is 5.91 Å². The van der Waals surface area contributed by atoms with Gasteiger partial charge in [-0.1, -0.05) is 22.0 Å². The van der Waals surface area contributed by atoms with Gasteiger partial charge >= 0.3 is 0 Å². The van der Waals surface area contributed by atoms with Crippen LogP contribution in [0.1, 0.15) is 12.5 Å². The molecule has 5 heteroatoms. The molecule has 18 heavy (non-hydrogen) atoms. The minimum atomic E-state index is -0.297. The van der Waals surface area contributed by atoms with Crippen LogP contribution in [0.5, 0.6) is 0 Å². The van der Waals surface area contributed by atoms with Crippen LogP contribution in [0.4, 0.5) is 4.39 Å². The van der Waals surface area contributed by atoms with Crippen LogP contribution in [0.3, 0.4) is 0 Å². The SMILES string of the molecule is CC1CN(C(=O)Cc2ccc(F)cc2Br)CCN1. The third kappa shape index (κ3) is 3.29. The highest BCUT2D eigenvalue weighted by Crippen LogP contribution is 2.19. The van der Waals surface area contributed by atoms with Gasteiger partial charge in [-0.25, -0.2) is 4.39 Å². The average Bonchev–Trinajstić information content (AvgIpc) is 2.32. The first-order valence-corrected chi connectivity index (χ1v) is 6.80. The van der Waals surface area contributed by atoms with E-state index in [2.05, 4.69) is 28.2 Å². The van der Waals surface area contributed by atoms with E-state index in [4.69, 9.17) is 0 Å². The summed E-state index contributed by atoms with van der Waals surface area (Å²) in [6, 6.07) is 4.76. The van der Waals surface area contributed by atoms with E-state index < -0.39 is 0 Å². The first kappa shape index (κ1) is 13.5. The number of carbonyl (C=O) groups excluding carboxylic acids is 1. The molecule has 0 spiro atoms. The number of nitrogens with zero attached hydrogens (tertiary/aromatic N) is 1. The standard InChI is InChI=1S/C13H16BrFN2O/c1-9-8-17(5-4-16-9)13(18)6-10-2-3-11(15)7-12(10)14/h2-3,7,9,16H,4-6,8H2,1H3. The second-order valence-corrected chi connectivity index (χ2v) is 5.46. The maximum Gasteiger partial charge on any atom is 0.227 e. The molecule has 1 amide bonds. The average molecular weight is 315 g/mol. The zero-order valence-corrected chi connectivity index (χ0v) is 11.8. The molecule has 1 fully saturated rings. The molecule has 1 aromatic carbocycles. The van der Waals surface area contributed by atoms with Crippen molar-refractivity contribution in [3.05, 3.63) is 34.1 Å². The highest BCUT2D eigenvalue weighted by Gasteiger charge is 2.21. The van der Waals surface area contributed by atoms with E-state index >= 15 is 0 Å². The van der Waals surface area contributed by atoms with Crippen molar-refractivity contribution in [1.29, 1.82) is 0 Å². The fraction of sp³-hybridized carbons (Fsp3) is 0.462. The number of amides is 1. The summed E-state index contributed by atoms with van der Waals surface area (Å²) in [5.74, 6) is -0.204. The molecule has 1 aliphatic heterocycles. The summed E-state index contributed by atoms with van der Waals surface area (Å²) in [4.78, 5) is 14.0. The summed E-state index contributed by atoms with van der Waals surface area (Å²) in [5.41, 5.74) is 0.826. The van der Waals surface area contributed by atoms with E-state index in [0.717, 1.165) is 25.2 Å². The molecular formula is C13H16BrFN2O. The van der Waals surface area contributed by atoms with Crippen molar-refractivity contribution in [3.63, 3.8) is 0 Å². The van der Waals surface area contributed by atoms with E-state index in [9.17, 15) is 9.18 Å². The minimum Gasteiger partial charge on any atom is -0.340 e. The van der Waals surface area contributed by atoms with Crippen molar-refractivity contribution in [3.8, 4) is 0 Å². The van der Waals surface area contributed by atoms with Crippen LogP contribution in [-0.4, -0.2) is 36.5 Å². The molecule has 1 unspecified atom stereocenters. The Kier molecular flexibility index (Phi) is 4.35. The van der Waals surface area contributed by atoms with Crippen molar-refractivity contribution in [2.24, 2.45) is 0 Å². The molecule has 1 aliphatic rings. The molecule has 1 atom stereocenters. The Labute approximate surface area is 114 Å². The highest BCUT2D eigenvalue weighted by molar-refractivity contribution is 9.10. The van der Waals surface area contributed by atoms with Crippen LogP contribution >= 0.6 is 15.9 Å². The van der Waals surface area contributed by atoms with Crippen molar-refractivity contribution >= 4 is 21.8 Å². The number of halogens is 2. The number of piperazine rings is 1. The van der Waals surface area contributed by atoms with Gasteiger partial charge in [-0.3, -0.25) is 4.79 Å². The van der Waals surface area contributed by atoms with Gasteiger partial charge in [0.05, 0.1) is 6.42 Å². The molecule has 3 nitrogen and oxygen atoms in total. The lowest BCUT2D eigenvalue weighted by molar-refractivity contribution is -0.131. The largest absolute Gasteiger partial charge is 0.340 e. The summed E-state index contributed by atoms with van der Waals surface area (Å²) in [6.45, 7) is 4.37. The van der Waals surface area contributed by atoms with Gasteiger partial charge in [0.1, 0.15) is 5.82 Å². The Hall–Kier alpha value is -0.940. The smallest absolute Gasteiger partial charge is 0.227 e. The van der Waals surface area contributed by atoms with Crippen LogP contribution in [0.25, 0.3) is 0 Å². The molecule has 1 heterocycles. The first-order chi connectivity index (χ1) is 8.56. The number of benzene rings is 1. The Bertz CT molecular complexity index is 453. The number of hydrogen-bond acceptors (Lipinski definition) is 2. The highest BCUT2D eigenvalue weighted by atomic mass is 79.9. The Morgan fingerprint density at radius 2 is 2.39 bits per heavy atom. The Morgan fingerprint density at radius 3 is 3.06 bits per heavy atom. The lowest BCUT2D eigenvalue weighted by atomic mass is 10.1. The summed E-state index contributed by atoms with van der Waals surface area (Å²) >= 11 is 3.29. The third-order valence-corrected chi connectivity index (χ3v) is 3.82. The monoisotopic (exact) mass is 314 g/mol. The van der Waals surface area contributed by atoms with Gasteiger partial charge in [-0.15, -0.1) is 0 Å². The third-order valence-electron chi connectivity index (χ3n) is 3.08. The normalized spacial score (nSPS) is 19.9. The maximum absolute atomic E-state index is 13.0. The van der Waals surface area contributed by atoms with Crippen LogP contribution in [-0.2, 0) is 11.2 Å². The van der Waals surface area contributed by atoms with Gasteiger partial charge in [0, 0.05) is 30.1 Å². The fourth-order valence-electron chi connectivity index (χ4n) is 2.10. The van der Waals surface area contributed by atoms with Gasteiger partial charge in [-0.2, -0.15) is 0 Å². The predicted molar refractivity (Wildman–Crippen MR) is 71.8 cm³/mol. The molecule has 0 aromatic heterocycles. The van der Waals surface area contributed by atoms with Crippen LogP contribution in [0.15, 0.2) is 22.7 Å². The fourth-order valence-corrected chi connectivity index (χ4v) is 2.59. The van der Waals surface area contributed by atoms with Gasteiger partial charge < -0.3 is 10.2 Å². The van der Waals surface area contributed by atoms with Crippen LogP contribution in [0, 0.1) is 5.82 Å². The number of carbonyl (C=O) groups is 1. The molecule has 1 N–H and O–H groups in total. The number of hydrogen-bond donors (Lipinski definition) is 1. The Balaban J connectivity index is 2.02. The topological polar surface area (TPSA) is 32.3 Å². The van der Waals surface area contributed by atoms with E-state index in [0.29, 0.717) is 16.9 Å². The van der Waals surface area contributed by atoms with Crippen molar-refractivity contribution in [2.75, 3.05) is 19.6 Å². The predicted octanol–water partition coefficient (Wildman–Crippen LogP) is 1.95. The van der Waals surface area contributed by atoms with Gasteiger partial charge in [0.15, 0.2) is 0 Å². The van der Waals surface area contributed by atoms with Crippen molar-refractivity contribution in [1.82, 2.24) is 10.2 Å². The molecule has 0 bridgehead atoms. The zero-order valence-electron chi connectivity index (χ0n) is 10.2. The van der Waals surface area contributed by atoms with Gasteiger partial charge in [0.25, 0.3) is 0 Å². The number of rotatable bonds is 2. The molecule has 1 aromatic rings. The van der Waals surface area contributed by atoms with E-state index in [1.807, 2.05) is 4.90 Å². The molecule has 1 saturated heterocycles. The van der Waals surface area contributed by atoms with E-state index in [-0.39, 0.29) is 11.7 Å². The summed E-state index contributed by atoms with van der Waals surface area (Å²) in [7, 11) is 0. The minimum absolute atomic E-state index is 0.0932. The van der Waals surface area contributed by atoms with Crippen molar-refractivity contribution < 1.29 is 9.18 Å².